The highest BCUT2D eigenvalue weighted by atomic mass is 32.2. The molecule has 2 atom stereocenters. The number of hydrogen-bond acceptors (Lipinski definition) is 6. The van der Waals surface area contributed by atoms with Crippen LogP contribution in [-0.2, 0) is 15.5 Å². The summed E-state index contributed by atoms with van der Waals surface area (Å²) in [4.78, 5) is 19.1. The third kappa shape index (κ3) is 4.10. The van der Waals surface area contributed by atoms with Crippen LogP contribution in [0.5, 0.6) is 0 Å². The molecule has 0 spiro atoms. The summed E-state index contributed by atoms with van der Waals surface area (Å²) in [5, 5.41) is 2.97. The second-order valence-electron chi connectivity index (χ2n) is 3.47. The van der Waals surface area contributed by atoms with Crippen molar-refractivity contribution >= 4 is 22.6 Å². The molecule has 2 unspecified atom stereocenters. The summed E-state index contributed by atoms with van der Waals surface area (Å²) in [6.07, 6.45) is 4.47. The van der Waals surface area contributed by atoms with Gasteiger partial charge in [-0.1, -0.05) is 0 Å². The Morgan fingerprint density at radius 1 is 1.59 bits per heavy atom. The molecule has 1 aromatic rings. The smallest absolute Gasteiger partial charge is 0.358 e. The van der Waals surface area contributed by atoms with Crippen LogP contribution in [0.1, 0.15) is 17.4 Å². The number of carbonyl (C=O) groups is 1. The SMILES string of the molecule is COC(=O)c1cncc(NCC(C)S(C)=O)n1. The molecule has 1 aromatic heterocycles. The van der Waals surface area contributed by atoms with Gasteiger partial charge in [-0.15, -0.1) is 0 Å². The Hall–Kier alpha value is -1.50. The van der Waals surface area contributed by atoms with Gasteiger partial charge < -0.3 is 10.1 Å². The van der Waals surface area contributed by atoms with Crippen LogP contribution in [0, 0.1) is 0 Å². The molecule has 6 nitrogen and oxygen atoms in total. The zero-order chi connectivity index (χ0) is 12.8. The minimum atomic E-state index is -0.902. The third-order valence-electron chi connectivity index (χ3n) is 2.17. The first-order valence-electron chi connectivity index (χ1n) is 5.01. The van der Waals surface area contributed by atoms with Gasteiger partial charge in [0.15, 0.2) is 5.69 Å². The Morgan fingerprint density at radius 2 is 2.29 bits per heavy atom. The van der Waals surface area contributed by atoms with Crippen LogP contribution in [0.4, 0.5) is 5.82 Å². The molecule has 7 heteroatoms. The number of anilines is 1. The zero-order valence-corrected chi connectivity index (χ0v) is 10.8. The number of rotatable bonds is 5. The van der Waals surface area contributed by atoms with E-state index in [0.29, 0.717) is 12.4 Å². The number of hydrogen-bond donors (Lipinski definition) is 1. The van der Waals surface area contributed by atoms with Crippen molar-refractivity contribution in [3.8, 4) is 0 Å². The lowest BCUT2D eigenvalue weighted by Crippen LogP contribution is -2.21. The van der Waals surface area contributed by atoms with Crippen molar-refractivity contribution in [3.63, 3.8) is 0 Å². The van der Waals surface area contributed by atoms with Gasteiger partial charge >= 0.3 is 5.97 Å². The van der Waals surface area contributed by atoms with Crippen LogP contribution in [0.15, 0.2) is 12.4 Å². The summed E-state index contributed by atoms with van der Waals surface area (Å²) in [6, 6.07) is 0. The highest BCUT2D eigenvalue weighted by Gasteiger charge is 2.10. The monoisotopic (exact) mass is 257 g/mol. The normalized spacial score (nSPS) is 13.8. The predicted molar refractivity (Wildman–Crippen MR) is 65.4 cm³/mol. The summed E-state index contributed by atoms with van der Waals surface area (Å²) < 4.78 is 15.7. The summed E-state index contributed by atoms with van der Waals surface area (Å²) in [5.41, 5.74) is 0.141. The van der Waals surface area contributed by atoms with Gasteiger partial charge in [-0.3, -0.25) is 9.19 Å². The van der Waals surface area contributed by atoms with Gasteiger partial charge in [-0.2, -0.15) is 0 Å². The van der Waals surface area contributed by atoms with Crippen molar-refractivity contribution in [2.45, 2.75) is 12.2 Å². The van der Waals surface area contributed by atoms with Crippen LogP contribution >= 0.6 is 0 Å². The van der Waals surface area contributed by atoms with E-state index in [4.69, 9.17) is 0 Å². The average molecular weight is 257 g/mol. The predicted octanol–water partition coefficient (Wildman–Crippen LogP) is 0.442. The van der Waals surface area contributed by atoms with Crippen LogP contribution in [0.2, 0.25) is 0 Å². The highest BCUT2D eigenvalue weighted by molar-refractivity contribution is 7.84. The second-order valence-corrected chi connectivity index (χ2v) is 5.27. The molecule has 1 heterocycles. The maximum absolute atomic E-state index is 11.2. The van der Waals surface area contributed by atoms with Crippen molar-refractivity contribution in [1.82, 2.24) is 9.97 Å². The summed E-state index contributed by atoms with van der Waals surface area (Å²) in [5.74, 6) is -0.0709. The van der Waals surface area contributed by atoms with Crippen LogP contribution < -0.4 is 5.32 Å². The minimum Gasteiger partial charge on any atom is -0.464 e. The molecule has 0 aliphatic heterocycles. The molecule has 0 aromatic carbocycles. The Morgan fingerprint density at radius 3 is 2.88 bits per heavy atom. The fourth-order valence-corrected chi connectivity index (χ4v) is 1.34. The number of aromatic nitrogens is 2. The zero-order valence-electron chi connectivity index (χ0n) is 9.97. The van der Waals surface area contributed by atoms with Gasteiger partial charge in [0.25, 0.3) is 0 Å². The maximum atomic E-state index is 11.2. The van der Waals surface area contributed by atoms with Crippen molar-refractivity contribution < 1.29 is 13.7 Å². The van der Waals surface area contributed by atoms with Crippen molar-refractivity contribution in [2.75, 3.05) is 25.2 Å². The molecule has 0 saturated carbocycles. The van der Waals surface area contributed by atoms with Crippen molar-refractivity contribution in [2.24, 2.45) is 0 Å². The van der Waals surface area contributed by atoms with Gasteiger partial charge in [0.2, 0.25) is 0 Å². The van der Waals surface area contributed by atoms with E-state index >= 15 is 0 Å². The molecule has 0 amide bonds. The summed E-state index contributed by atoms with van der Waals surface area (Å²) in [7, 11) is 0.382. The van der Waals surface area contributed by atoms with Gasteiger partial charge in [-0.25, -0.2) is 9.78 Å². The van der Waals surface area contributed by atoms with Crippen LogP contribution in [-0.4, -0.2) is 45.3 Å². The van der Waals surface area contributed by atoms with Gasteiger partial charge in [-0.05, 0) is 6.92 Å². The van der Waals surface area contributed by atoms with E-state index in [9.17, 15) is 9.00 Å². The topological polar surface area (TPSA) is 81.2 Å². The van der Waals surface area contributed by atoms with E-state index in [1.54, 1.807) is 6.26 Å². The van der Waals surface area contributed by atoms with Gasteiger partial charge in [0.05, 0.1) is 19.5 Å². The highest BCUT2D eigenvalue weighted by Crippen LogP contribution is 2.04. The molecular formula is C10H15N3O3S. The molecule has 0 aliphatic rings. The first-order valence-corrected chi connectivity index (χ1v) is 6.63. The lowest BCUT2D eigenvalue weighted by atomic mass is 10.4. The lowest BCUT2D eigenvalue weighted by molar-refractivity contribution is 0.0593. The van der Waals surface area contributed by atoms with Crippen molar-refractivity contribution in [3.05, 3.63) is 18.1 Å². The summed E-state index contributed by atoms with van der Waals surface area (Å²) >= 11 is 0. The summed E-state index contributed by atoms with van der Waals surface area (Å²) in [6.45, 7) is 2.36. The number of methoxy groups -OCH3 is 1. The van der Waals surface area contributed by atoms with Crippen LogP contribution in [0.3, 0.4) is 0 Å². The number of esters is 1. The Labute approximate surface area is 102 Å². The van der Waals surface area contributed by atoms with Crippen LogP contribution in [0.25, 0.3) is 0 Å². The Bertz CT molecular complexity index is 425. The van der Waals surface area contributed by atoms with E-state index in [0.717, 1.165) is 0 Å². The molecular weight excluding hydrogens is 242 g/mol. The Balaban J connectivity index is 2.66. The van der Waals surface area contributed by atoms with Crippen molar-refractivity contribution in [1.29, 1.82) is 0 Å². The third-order valence-corrected chi connectivity index (χ3v) is 3.47. The second kappa shape index (κ2) is 6.29. The molecule has 0 bridgehead atoms. The standard InChI is InChI=1S/C10H15N3O3S/c1-7(17(3)15)4-12-9-6-11-5-8(13-9)10(14)16-2/h5-7H,4H2,1-3H3,(H,12,13). The van der Waals surface area contributed by atoms with E-state index in [1.165, 1.54) is 19.5 Å². The molecule has 0 fully saturated rings. The number of nitrogens with zero attached hydrogens (tertiary/aromatic N) is 2. The van der Waals surface area contributed by atoms with Gasteiger partial charge in [0, 0.05) is 28.9 Å². The number of carbonyl (C=O) groups excluding carboxylic acids is 1. The number of nitrogens with one attached hydrogen (secondary N) is 1. The van der Waals surface area contributed by atoms with E-state index < -0.39 is 16.8 Å². The van der Waals surface area contributed by atoms with E-state index in [1.807, 2.05) is 6.92 Å². The first-order chi connectivity index (χ1) is 8.04. The first kappa shape index (κ1) is 13.6. The largest absolute Gasteiger partial charge is 0.464 e. The lowest BCUT2D eigenvalue weighted by Gasteiger charge is -2.10. The molecule has 0 radical (unpaired) electrons. The van der Waals surface area contributed by atoms with Gasteiger partial charge in [0.1, 0.15) is 5.82 Å². The minimum absolute atomic E-state index is 0.00131. The molecule has 1 N–H and O–H groups in total. The van der Waals surface area contributed by atoms with E-state index in [2.05, 4.69) is 20.0 Å². The molecule has 94 valence electrons. The molecule has 0 saturated heterocycles. The Kier molecular flexibility index (Phi) is 5.02. The molecule has 0 aliphatic carbocycles. The quantitative estimate of drug-likeness (QED) is 0.771. The fourth-order valence-electron chi connectivity index (χ4n) is 1.02. The van der Waals surface area contributed by atoms with E-state index in [-0.39, 0.29) is 10.9 Å². The number of ether oxygens (including phenoxy) is 1. The fraction of sp³-hybridized carbons (Fsp3) is 0.500. The maximum Gasteiger partial charge on any atom is 0.358 e. The molecule has 1 rings (SSSR count). The molecule has 17 heavy (non-hydrogen) atoms. The average Bonchev–Trinajstić information content (AvgIpc) is 2.35.